The van der Waals surface area contributed by atoms with E-state index in [9.17, 15) is 0 Å². The van der Waals surface area contributed by atoms with Crippen LogP contribution in [0, 0.1) is 11.8 Å². The van der Waals surface area contributed by atoms with Gasteiger partial charge in [0.2, 0.25) is 0 Å². The monoisotopic (exact) mass is 263 g/mol. The standard InChI is InChI=1S/C16H25NO2/c1-3-12-4-5-13(11-17)16(10-12)19-15-8-6-14(18-2)7-9-15/h6-9,12-13,16H,3-5,10-11,17H2,1-2H3. The Morgan fingerprint density at radius 1 is 1.16 bits per heavy atom. The van der Waals surface area contributed by atoms with Gasteiger partial charge in [-0.25, -0.2) is 0 Å². The fraction of sp³-hybridized carbons (Fsp3) is 0.625. The minimum absolute atomic E-state index is 0.261. The van der Waals surface area contributed by atoms with E-state index in [1.54, 1.807) is 7.11 Å². The van der Waals surface area contributed by atoms with E-state index in [2.05, 4.69) is 6.92 Å². The van der Waals surface area contributed by atoms with E-state index in [4.69, 9.17) is 15.2 Å². The maximum Gasteiger partial charge on any atom is 0.120 e. The molecule has 1 saturated carbocycles. The summed E-state index contributed by atoms with van der Waals surface area (Å²) in [5, 5.41) is 0. The van der Waals surface area contributed by atoms with Crippen molar-refractivity contribution in [3.63, 3.8) is 0 Å². The Bertz CT molecular complexity index is 377. The van der Waals surface area contributed by atoms with Gasteiger partial charge in [0.1, 0.15) is 17.6 Å². The molecule has 19 heavy (non-hydrogen) atoms. The zero-order valence-corrected chi connectivity index (χ0v) is 12.0. The smallest absolute Gasteiger partial charge is 0.120 e. The zero-order chi connectivity index (χ0) is 13.7. The van der Waals surface area contributed by atoms with Gasteiger partial charge < -0.3 is 15.2 Å². The number of hydrogen-bond donors (Lipinski definition) is 1. The molecule has 0 aliphatic heterocycles. The molecule has 0 amide bonds. The highest BCUT2D eigenvalue weighted by Crippen LogP contribution is 2.33. The summed E-state index contributed by atoms with van der Waals surface area (Å²) >= 11 is 0. The average molecular weight is 263 g/mol. The van der Waals surface area contributed by atoms with Crippen LogP contribution in [0.5, 0.6) is 11.5 Å². The third kappa shape index (κ3) is 3.63. The third-order valence-electron chi connectivity index (χ3n) is 4.26. The first-order chi connectivity index (χ1) is 9.26. The first-order valence-electron chi connectivity index (χ1n) is 7.27. The first-order valence-corrected chi connectivity index (χ1v) is 7.27. The minimum Gasteiger partial charge on any atom is -0.497 e. The predicted molar refractivity (Wildman–Crippen MR) is 77.6 cm³/mol. The molecule has 1 aliphatic carbocycles. The second kappa shape index (κ2) is 6.80. The van der Waals surface area contributed by atoms with Gasteiger partial charge in [0.05, 0.1) is 7.11 Å². The Morgan fingerprint density at radius 3 is 2.42 bits per heavy atom. The van der Waals surface area contributed by atoms with Gasteiger partial charge in [0, 0.05) is 5.92 Å². The molecule has 0 saturated heterocycles. The van der Waals surface area contributed by atoms with Gasteiger partial charge in [-0.1, -0.05) is 13.3 Å². The van der Waals surface area contributed by atoms with Crippen molar-refractivity contribution in [3.05, 3.63) is 24.3 Å². The third-order valence-corrected chi connectivity index (χ3v) is 4.26. The van der Waals surface area contributed by atoms with Crippen LogP contribution in [0.25, 0.3) is 0 Å². The second-order valence-electron chi connectivity index (χ2n) is 5.41. The number of benzene rings is 1. The van der Waals surface area contributed by atoms with Crippen molar-refractivity contribution in [2.75, 3.05) is 13.7 Å². The van der Waals surface area contributed by atoms with Gasteiger partial charge in [-0.15, -0.1) is 0 Å². The van der Waals surface area contributed by atoms with Crippen LogP contribution < -0.4 is 15.2 Å². The van der Waals surface area contributed by atoms with Gasteiger partial charge >= 0.3 is 0 Å². The summed E-state index contributed by atoms with van der Waals surface area (Å²) in [6.07, 6.45) is 5.11. The van der Waals surface area contributed by atoms with E-state index in [1.165, 1.54) is 19.3 Å². The Labute approximate surface area is 116 Å². The summed E-state index contributed by atoms with van der Waals surface area (Å²) in [6, 6.07) is 7.82. The number of methoxy groups -OCH3 is 1. The number of rotatable bonds is 5. The van der Waals surface area contributed by atoms with Crippen LogP contribution in [-0.2, 0) is 0 Å². The van der Waals surface area contributed by atoms with E-state index in [-0.39, 0.29) is 6.10 Å². The second-order valence-corrected chi connectivity index (χ2v) is 5.41. The molecule has 1 fully saturated rings. The SMILES string of the molecule is CCC1CCC(CN)C(Oc2ccc(OC)cc2)C1. The van der Waals surface area contributed by atoms with E-state index in [0.717, 1.165) is 30.4 Å². The molecule has 0 aromatic heterocycles. The number of nitrogens with two attached hydrogens (primary N) is 1. The summed E-state index contributed by atoms with van der Waals surface area (Å²) in [7, 11) is 1.67. The van der Waals surface area contributed by atoms with E-state index in [1.807, 2.05) is 24.3 Å². The molecular weight excluding hydrogens is 238 g/mol. The average Bonchev–Trinajstić information content (AvgIpc) is 2.48. The summed E-state index contributed by atoms with van der Waals surface area (Å²) in [4.78, 5) is 0. The molecule has 0 radical (unpaired) electrons. The highest BCUT2D eigenvalue weighted by atomic mass is 16.5. The molecule has 0 spiro atoms. The maximum atomic E-state index is 6.15. The zero-order valence-electron chi connectivity index (χ0n) is 12.0. The molecule has 1 aromatic rings. The molecule has 2 N–H and O–H groups in total. The highest BCUT2D eigenvalue weighted by Gasteiger charge is 2.30. The van der Waals surface area contributed by atoms with Crippen LogP contribution >= 0.6 is 0 Å². The van der Waals surface area contributed by atoms with Crippen LogP contribution in [0.1, 0.15) is 32.6 Å². The Hall–Kier alpha value is -1.22. The highest BCUT2D eigenvalue weighted by molar-refractivity contribution is 5.31. The van der Waals surface area contributed by atoms with Crippen LogP contribution in [0.4, 0.5) is 0 Å². The Balaban J connectivity index is 2.01. The van der Waals surface area contributed by atoms with Gasteiger partial charge in [0.25, 0.3) is 0 Å². The van der Waals surface area contributed by atoms with Crippen molar-refractivity contribution >= 4 is 0 Å². The fourth-order valence-electron chi connectivity index (χ4n) is 2.89. The minimum atomic E-state index is 0.261. The lowest BCUT2D eigenvalue weighted by molar-refractivity contribution is 0.0684. The molecule has 1 aromatic carbocycles. The number of hydrogen-bond acceptors (Lipinski definition) is 3. The summed E-state index contributed by atoms with van der Waals surface area (Å²) < 4.78 is 11.3. The Kier molecular flexibility index (Phi) is 5.08. The topological polar surface area (TPSA) is 44.5 Å². The molecule has 3 heteroatoms. The summed E-state index contributed by atoms with van der Waals surface area (Å²) in [5.41, 5.74) is 5.88. The van der Waals surface area contributed by atoms with Crippen molar-refractivity contribution in [3.8, 4) is 11.5 Å². The Morgan fingerprint density at radius 2 is 1.84 bits per heavy atom. The van der Waals surface area contributed by atoms with Gasteiger partial charge in [0.15, 0.2) is 0 Å². The van der Waals surface area contributed by atoms with Crippen molar-refractivity contribution in [2.45, 2.75) is 38.7 Å². The molecular formula is C16H25NO2. The predicted octanol–water partition coefficient (Wildman–Crippen LogP) is 3.23. The van der Waals surface area contributed by atoms with E-state index in [0.29, 0.717) is 5.92 Å². The lowest BCUT2D eigenvalue weighted by Crippen LogP contribution is -2.38. The van der Waals surface area contributed by atoms with E-state index >= 15 is 0 Å². The van der Waals surface area contributed by atoms with Crippen LogP contribution in [0.3, 0.4) is 0 Å². The largest absolute Gasteiger partial charge is 0.497 e. The van der Waals surface area contributed by atoms with Crippen molar-refractivity contribution < 1.29 is 9.47 Å². The molecule has 0 heterocycles. The summed E-state index contributed by atoms with van der Waals surface area (Å²) in [6.45, 7) is 2.98. The van der Waals surface area contributed by atoms with Crippen LogP contribution in [0.2, 0.25) is 0 Å². The van der Waals surface area contributed by atoms with Crippen molar-refractivity contribution in [2.24, 2.45) is 17.6 Å². The molecule has 106 valence electrons. The molecule has 3 nitrogen and oxygen atoms in total. The van der Waals surface area contributed by atoms with Gasteiger partial charge in [-0.05, 0) is 56.0 Å². The summed E-state index contributed by atoms with van der Waals surface area (Å²) in [5.74, 6) is 3.05. The number of ether oxygens (including phenoxy) is 2. The normalized spacial score (nSPS) is 27.0. The van der Waals surface area contributed by atoms with Crippen LogP contribution in [-0.4, -0.2) is 19.8 Å². The maximum absolute atomic E-state index is 6.15. The lowest BCUT2D eigenvalue weighted by Gasteiger charge is -2.35. The fourth-order valence-corrected chi connectivity index (χ4v) is 2.89. The van der Waals surface area contributed by atoms with Gasteiger partial charge in [-0.2, -0.15) is 0 Å². The lowest BCUT2D eigenvalue weighted by atomic mass is 9.78. The molecule has 0 bridgehead atoms. The van der Waals surface area contributed by atoms with Crippen molar-refractivity contribution in [1.82, 2.24) is 0 Å². The van der Waals surface area contributed by atoms with E-state index < -0.39 is 0 Å². The molecule has 2 rings (SSSR count). The molecule has 3 atom stereocenters. The van der Waals surface area contributed by atoms with Crippen molar-refractivity contribution in [1.29, 1.82) is 0 Å². The molecule has 1 aliphatic rings. The quantitative estimate of drug-likeness (QED) is 0.887. The molecule has 3 unspecified atom stereocenters. The van der Waals surface area contributed by atoms with Gasteiger partial charge in [-0.3, -0.25) is 0 Å². The van der Waals surface area contributed by atoms with Crippen LogP contribution in [0.15, 0.2) is 24.3 Å². The first kappa shape index (κ1) is 14.2.